The van der Waals surface area contributed by atoms with E-state index >= 15 is 0 Å². The highest BCUT2D eigenvalue weighted by Gasteiger charge is 2.27. The van der Waals surface area contributed by atoms with Crippen molar-refractivity contribution in [3.8, 4) is 0 Å². The van der Waals surface area contributed by atoms with E-state index in [9.17, 15) is 4.79 Å². The van der Waals surface area contributed by atoms with Crippen molar-refractivity contribution in [3.05, 3.63) is 71.4 Å². The van der Waals surface area contributed by atoms with E-state index < -0.39 is 5.60 Å². The van der Waals surface area contributed by atoms with Crippen molar-refractivity contribution in [1.29, 1.82) is 0 Å². The van der Waals surface area contributed by atoms with Crippen molar-refractivity contribution in [2.45, 2.75) is 53.6 Å². The van der Waals surface area contributed by atoms with Crippen molar-refractivity contribution in [2.75, 3.05) is 26.2 Å². The van der Waals surface area contributed by atoms with Gasteiger partial charge in [0.15, 0.2) is 0 Å². The fourth-order valence-electron chi connectivity index (χ4n) is 3.64. The van der Waals surface area contributed by atoms with Crippen LogP contribution in [0, 0.1) is 0 Å². The average Bonchev–Trinajstić information content (AvgIpc) is 2.84. The van der Waals surface area contributed by atoms with Crippen molar-refractivity contribution < 1.29 is 9.53 Å². The smallest absolute Gasteiger partial charge is 0.410 e. The average molecular weight is 476 g/mol. The molecule has 186 valence electrons. The summed E-state index contributed by atoms with van der Waals surface area (Å²) in [4.78, 5) is 30.1. The van der Waals surface area contributed by atoms with Gasteiger partial charge in [0.1, 0.15) is 5.60 Å². The first kappa shape index (κ1) is 26.1. The molecule has 1 aromatic carbocycles. The largest absolute Gasteiger partial charge is 0.444 e. The second-order valence-corrected chi connectivity index (χ2v) is 9.61. The third-order valence-electron chi connectivity index (χ3n) is 5.74. The monoisotopic (exact) mass is 475 g/mol. The molecule has 1 fully saturated rings. The third kappa shape index (κ3) is 7.50. The number of aliphatic imine (C=N–C) groups is 1. The quantitative estimate of drug-likeness (QED) is 0.393. The van der Waals surface area contributed by atoms with Crippen LogP contribution >= 0.6 is 0 Å². The molecule has 0 aliphatic carbocycles. The molecule has 1 saturated heterocycles. The first-order chi connectivity index (χ1) is 16.7. The molecule has 0 atom stereocenters. The molecule has 0 unspecified atom stereocenters. The first-order valence-electron chi connectivity index (χ1n) is 12.2. The Balaban J connectivity index is 1.80. The molecule has 1 amide bonds. The van der Waals surface area contributed by atoms with E-state index in [1.165, 1.54) is 5.57 Å². The van der Waals surface area contributed by atoms with Gasteiger partial charge in [-0.2, -0.15) is 0 Å². The molecular formula is C28H37N5O2. The zero-order chi connectivity index (χ0) is 25.4. The molecule has 1 aliphatic heterocycles. The minimum absolute atomic E-state index is 0.256. The summed E-state index contributed by atoms with van der Waals surface area (Å²) in [7, 11) is 0. The van der Waals surface area contributed by atoms with Gasteiger partial charge in [-0.15, -0.1) is 0 Å². The Labute approximate surface area is 208 Å². The number of allylic oxidation sites excluding steroid dienone is 4. The van der Waals surface area contributed by atoms with Gasteiger partial charge in [0.25, 0.3) is 0 Å². The molecule has 1 aromatic heterocycles. The Morgan fingerprint density at radius 3 is 2.34 bits per heavy atom. The van der Waals surface area contributed by atoms with Gasteiger partial charge < -0.3 is 14.5 Å². The van der Waals surface area contributed by atoms with Gasteiger partial charge >= 0.3 is 6.09 Å². The highest BCUT2D eigenvalue weighted by molar-refractivity contribution is 5.87. The number of carbonyl (C=O) groups is 1. The predicted octanol–water partition coefficient (Wildman–Crippen LogP) is 5.75. The van der Waals surface area contributed by atoms with Crippen LogP contribution in [-0.4, -0.2) is 63.9 Å². The molecule has 2 heterocycles. The SMILES string of the molecule is C\C=C(N=Cc1ccc2nccnc2c1)/C(=C\C=C(/C)CC)N1CCN(C(=O)OC(C)(C)C)CC1. The number of carbonyl (C=O) groups excluding carboxylic acids is 1. The van der Waals surface area contributed by atoms with Crippen LogP contribution in [0.3, 0.4) is 0 Å². The summed E-state index contributed by atoms with van der Waals surface area (Å²) in [5.74, 6) is 0. The topological polar surface area (TPSA) is 70.9 Å². The van der Waals surface area contributed by atoms with Gasteiger partial charge in [-0.25, -0.2) is 4.79 Å². The number of fused-ring (bicyclic) bond motifs is 1. The number of nitrogens with zero attached hydrogens (tertiary/aromatic N) is 5. The molecule has 0 spiro atoms. The minimum Gasteiger partial charge on any atom is -0.444 e. The second-order valence-electron chi connectivity index (χ2n) is 9.61. The number of piperazine rings is 1. The summed E-state index contributed by atoms with van der Waals surface area (Å²) >= 11 is 0. The fourth-order valence-corrected chi connectivity index (χ4v) is 3.64. The number of amides is 1. The molecule has 2 aromatic rings. The predicted molar refractivity (Wildman–Crippen MR) is 142 cm³/mol. The maximum atomic E-state index is 12.5. The fraction of sp³-hybridized carbons (Fsp3) is 0.429. The molecule has 0 saturated carbocycles. The number of ether oxygens (including phenoxy) is 1. The molecule has 0 radical (unpaired) electrons. The lowest BCUT2D eigenvalue weighted by Crippen LogP contribution is -2.49. The standard InChI is InChI=1S/C28H37N5O2/c1-7-21(3)9-12-26(32-15-17-33(18-16-32)27(34)35-28(4,5)6)23(8-2)31-20-22-10-11-24-25(19-22)30-14-13-29-24/h8-14,19-20H,7,15-18H2,1-6H3/b21-9+,23-8+,26-12+,31-20?. The molecule has 0 bridgehead atoms. The molecular weight excluding hydrogens is 438 g/mol. The van der Waals surface area contributed by atoms with Crippen LogP contribution in [0.4, 0.5) is 4.79 Å². The van der Waals surface area contributed by atoms with E-state index in [4.69, 9.17) is 9.73 Å². The van der Waals surface area contributed by atoms with E-state index in [1.54, 1.807) is 17.3 Å². The molecule has 3 rings (SSSR count). The van der Waals surface area contributed by atoms with Gasteiger partial charge in [-0.3, -0.25) is 15.0 Å². The van der Waals surface area contributed by atoms with Crippen molar-refractivity contribution >= 4 is 23.3 Å². The van der Waals surface area contributed by atoms with E-state index in [2.05, 4.69) is 40.9 Å². The maximum Gasteiger partial charge on any atom is 0.410 e. The van der Waals surface area contributed by atoms with E-state index in [1.807, 2.05) is 58.2 Å². The van der Waals surface area contributed by atoms with Crippen LogP contribution in [-0.2, 0) is 4.74 Å². The summed E-state index contributed by atoms with van der Waals surface area (Å²) < 4.78 is 5.55. The minimum atomic E-state index is -0.497. The molecule has 7 heteroatoms. The number of hydrogen-bond acceptors (Lipinski definition) is 6. The van der Waals surface area contributed by atoms with Crippen LogP contribution < -0.4 is 0 Å². The molecule has 7 nitrogen and oxygen atoms in total. The van der Waals surface area contributed by atoms with E-state index in [-0.39, 0.29) is 6.09 Å². The van der Waals surface area contributed by atoms with Gasteiger partial charge in [0.2, 0.25) is 0 Å². The maximum absolute atomic E-state index is 12.5. The van der Waals surface area contributed by atoms with Crippen LogP contribution in [0.25, 0.3) is 11.0 Å². The van der Waals surface area contributed by atoms with Crippen molar-refractivity contribution in [2.24, 2.45) is 4.99 Å². The summed E-state index contributed by atoms with van der Waals surface area (Å²) in [6, 6.07) is 5.94. The highest BCUT2D eigenvalue weighted by atomic mass is 16.6. The Morgan fingerprint density at radius 2 is 1.71 bits per heavy atom. The first-order valence-corrected chi connectivity index (χ1v) is 12.2. The Bertz CT molecular complexity index is 1150. The lowest BCUT2D eigenvalue weighted by Gasteiger charge is -2.37. The lowest BCUT2D eigenvalue weighted by molar-refractivity contribution is 0.0170. The highest BCUT2D eigenvalue weighted by Crippen LogP contribution is 2.22. The van der Waals surface area contributed by atoms with Crippen molar-refractivity contribution in [1.82, 2.24) is 19.8 Å². The summed E-state index contributed by atoms with van der Waals surface area (Å²) in [6.07, 6.45) is 12.3. The lowest BCUT2D eigenvalue weighted by atomic mass is 10.1. The van der Waals surface area contributed by atoms with E-state index in [0.717, 1.165) is 34.4 Å². The third-order valence-corrected chi connectivity index (χ3v) is 5.74. The number of benzene rings is 1. The van der Waals surface area contributed by atoms with Gasteiger partial charge in [0.05, 0.1) is 22.4 Å². The number of hydrogen-bond donors (Lipinski definition) is 0. The molecule has 1 aliphatic rings. The Hall–Kier alpha value is -3.48. The number of rotatable bonds is 6. The zero-order valence-corrected chi connectivity index (χ0v) is 21.8. The molecule has 35 heavy (non-hydrogen) atoms. The second kappa shape index (κ2) is 11.8. The van der Waals surface area contributed by atoms with Crippen LogP contribution in [0.1, 0.15) is 53.5 Å². The zero-order valence-electron chi connectivity index (χ0n) is 21.8. The normalized spacial score (nSPS) is 16.3. The van der Waals surface area contributed by atoms with Crippen LogP contribution in [0.5, 0.6) is 0 Å². The summed E-state index contributed by atoms with van der Waals surface area (Å²) in [5, 5.41) is 0. The Kier molecular flexibility index (Phi) is 8.79. The van der Waals surface area contributed by atoms with Crippen molar-refractivity contribution in [3.63, 3.8) is 0 Å². The van der Waals surface area contributed by atoms with Gasteiger partial charge in [-0.05, 0) is 64.8 Å². The van der Waals surface area contributed by atoms with Gasteiger partial charge in [0, 0.05) is 44.8 Å². The van der Waals surface area contributed by atoms with Crippen LogP contribution in [0.2, 0.25) is 0 Å². The summed E-state index contributed by atoms with van der Waals surface area (Å²) in [6.45, 7) is 14.6. The summed E-state index contributed by atoms with van der Waals surface area (Å²) in [5.41, 5.74) is 5.39. The van der Waals surface area contributed by atoms with Gasteiger partial charge in [-0.1, -0.05) is 30.7 Å². The van der Waals surface area contributed by atoms with E-state index in [0.29, 0.717) is 26.2 Å². The molecule has 0 N–H and O–H groups in total. The van der Waals surface area contributed by atoms with Crippen LogP contribution in [0.15, 0.2) is 70.8 Å². The number of aromatic nitrogens is 2. The Morgan fingerprint density at radius 1 is 1.06 bits per heavy atom.